The fourth-order valence-corrected chi connectivity index (χ4v) is 2.72. The Morgan fingerprint density at radius 3 is 2.76 bits per heavy atom. The summed E-state index contributed by atoms with van der Waals surface area (Å²) in [4.78, 5) is 14.1. The van der Waals surface area contributed by atoms with Gasteiger partial charge in [-0.2, -0.15) is 0 Å². The minimum absolute atomic E-state index is 0.132. The average molecular weight is 348 g/mol. The quantitative estimate of drug-likeness (QED) is 0.908. The molecule has 0 aromatic carbocycles. The maximum atomic E-state index is 11.8. The first kappa shape index (κ1) is 17.5. The third kappa shape index (κ3) is 5.06. The van der Waals surface area contributed by atoms with Crippen LogP contribution in [0.4, 0.5) is 4.79 Å². The first-order valence-electron chi connectivity index (χ1n) is 8.47. The van der Waals surface area contributed by atoms with Crippen molar-refractivity contribution in [2.75, 3.05) is 13.1 Å². The molecular formula is C17H24N4O4. The molecule has 3 rings (SSSR count). The lowest BCUT2D eigenvalue weighted by atomic mass is 10.1. The fraction of sp³-hybridized carbons (Fsp3) is 0.588. The van der Waals surface area contributed by atoms with Crippen molar-refractivity contribution in [3.8, 4) is 11.7 Å². The molecule has 1 saturated heterocycles. The van der Waals surface area contributed by atoms with Crippen LogP contribution in [0.5, 0.6) is 0 Å². The number of aromatic nitrogens is 2. The van der Waals surface area contributed by atoms with Gasteiger partial charge in [-0.25, -0.2) is 4.79 Å². The van der Waals surface area contributed by atoms with Crippen molar-refractivity contribution in [3.63, 3.8) is 0 Å². The standard InChI is InChI=1S/C17H24N4O4/c1-17(2,3)25-16(22)18-12-6-8-21(9-7-12)11-14-19-20-15(24-14)13-5-4-10-23-13/h4-5,10,12H,6-9,11H2,1-3H3,(H,18,22). The highest BCUT2D eigenvalue weighted by atomic mass is 16.6. The predicted octanol–water partition coefficient (Wildman–Crippen LogP) is 2.82. The average Bonchev–Trinajstić information content (AvgIpc) is 3.18. The number of furan rings is 1. The molecule has 3 heterocycles. The van der Waals surface area contributed by atoms with Gasteiger partial charge in [0.15, 0.2) is 5.76 Å². The van der Waals surface area contributed by atoms with Crippen LogP contribution in [-0.4, -0.2) is 45.9 Å². The molecule has 1 aliphatic rings. The highest BCUT2D eigenvalue weighted by Crippen LogP contribution is 2.20. The Labute approximate surface area is 146 Å². The van der Waals surface area contributed by atoms with Gasteiger partial charge in [0.1, 0.15) is 5.60 Å². The van der Waals surface area contributed by atoms with Crippen LogP contribution in [0.15, 0.2) is 27.2 Å². The van der Waals surface area contributed by atoms with Crippen LogP contribution in [0, 0.1) is 0 Å². The topological polar surface area (TPSA) is 93.6 Å². The number of hydrogen-bond donors (Lipinski definition) is 1. The van der Waals surface area contributed by atoms with E-state index in [1.165, 1.54) is 0 Å². The maximum absolute atomic E-state index is 11.8. The van der Waals surface area contributed by atoms with Crippen LogP contribution in [0.3, 0.4) is 0 Å². The van der Waals surface area contributed by atoms with E-state index in [9.17, 15) is 4.79 Å². The van der Waals surface area contributed by atoms with Crippen molar-refractivity contribution in [1.29, 1.82) is 0 Å². The van der Waals surface area contributed by atoms with Crippen molar-refractivity contribution in [2.24, 2.45) is 0 Å². The van der Waals surface area contributed by atoms with E-state index in [1.807, 2.05) is 20.8 Å². The number of nitrogens with zero attached hydrogens (tertiary/aromatic N) is 3. The molecule has 8 nitrogen and oxygen atoms in total. The summed E-state index contributed by atoms with van der Waals surface area (Å²) < 4.78 is 16.2. The Balaban J connectivity index is 1.44. The largest absolute Gasteiger partial charge is 0.459 e. The number of carbonyl (C=O) groups excluding carboxylic acids is 1. The smallest absolute Gasteiger partial charge is 0.407 e. The summed E-state index contributed by atoms with van der Waals surface area (Å²) in [5.41, 5.74) is -0.478. The van der Waals surface area contributed by atoms with Crippen molar-refractivity contribution in [3.05, 3.63) is 24.3 Å². The Hall–Kier alpha value is -2.35. The van der Waals surface area contributed by atoms with E-state index >= 15 is 0 Å². The fourth-order valence-electron chi connectivity index (χ4n) is 2.72. The van der Waals surface area contributed by atoms with Crippen LogP contribution in [0.25, 0.3) is 11.7 Å². The van der Waals surface area contributed by atoms with Gasteiger partial charge in [0.25, 0.3) is 5.89 Å². The minimum Gasteiger partial charge on any atom is -0.459 e. The summed E-state index contributed by atoms with van der Waals surface area (Å²) in [6.45, 7) is 7.86. The molecule has 136 valence electrons. The summed E-state index contributed by atoms with van der Waals surface area (Å²) in [7, 11) is 0. The second-order valence-electron chi connectivity index (χ2n) is 7.17. The summed E-state index contributed by atoms with van der Waals surface area (Å²) in [5.74, 6) is 1.52. The molecule has 0 atom stereocenters. The van der Waals surface area contributed by atoms with E-state index in [-0.39, 0.29) is 12.1 Å². The molecule has 2 aromatic heterocycles. The number of amides is 1. The molecule has 1 fully saturated rings. The molecule has 0 radical (unpaired) electrons. The van der Waals surface area contributed by atoms with Crippen LogP contribution < -0.4 is 5.32 Å². The molecule has 8 heteroatoms. The zero-order valence-electron chi connectivity index (χ0n) is 14.8. The summed E-state index contributed by atoms with van der Waals surface area (Å²) in [5, 5.41) is 11.0. The number of carbonyl (C=O) groups is 1. The van der Waals surface area contributed by atoms with Gasteiger partial charge in [-0.15, -0.1) is 10.2 Å². The van der Waals surface area contributed by atoms with Crippen LogP contribution >= 0.6 is 0 Å². The first-order chi connectivity index (χ1) is 11.9. The minimum atomic E-state index is -0.478. The van der Waals surface area contributed by atoms with Gasteiger partial charge in [0.05, 0.1) is 12.8 Å². The van der Waals surface area contributed by atoms with Gasteiger partial charge in [0, 0.05) is 19.1 Å². The van der Waals surface area contributed by atoms with E-state index in [0.717, 1.165) is 25.9 Å². The van der Waals surface area contributed by atoms with E-state index < -0.39 is 5.60 Å². The van der Waals surface area contributed by atoms with E-state index in [0.29, 0.717) is 24.1 Å². The lowest BCUT2D eigenvalue weighted by Crippen LogP contribution is -2.45. The van der Waals surface area contributed by atoms with Crippen molar-refractivity contribution in [2.45, 2.75) is 51.8 Å². The second-order valence-corrected chi connectivity index (χ2v) is 7.17. The number of nitrogens with one attached hydrogen (secondary N) is 1. The SMILES string of the molecule is CC(C)(C)OC(=O)NC1CCN(Cc2nnc(-c3ccco3)o2)CC1. The van der Waals surface area contributed by atoms with E-state index in [2.05, 4.69) is 20.4 Å². The summed E-state index contributed by atoms with van der Waals surface area (Å²) in [6, 6.07) is 3.69. The van der Waals surface area contributed by atoms with E-state index in [4.69, 9.17) is 13.6 Å². The van der Waals surface area contributed by atoms with Gasteiger partial charge in [-0.1, -0.05) is 0 Å². The number of hydrogen-bond acceptors (Lipinski definition) is 7. The molecule has 0 aliphatic carbocycles. The molecule has 1 N–H and O–H groups in total. The molecule has 0 unspecified atom stereocenters. The summed E-state index contributed by atoms with van der Waals surface area (Å²) >= 11 is 0. The number of alkyl carbamates (subject to hydrolysis) is 1. The lowest BCUT2D eigenvalue weighted by Gasteiger charge is -2.31. The Bertz CT molecular complexity index is 682. The third-order valence-electron chi connectivity index (χ3n) is 3.87. The summed E-state index contributed by atoms with van der Waals surface area (Å²) in [6.07, 6.45) is 2.93. The zero-order valence-corrected chi connectivity index (χ0v) is 14.8. The Kier molecular flexibility index (Phi) is 5.08. The van der Waals surface area contributed by atoms with Gasteiger partial charge in [-0.3, -0.25) is 4.90 Å². The van der Waals surface area contributed by atoms with Crippen molar-refractivity contribution < 1.29 is 18.4 Å². The van der Waals surface area contributed by atoms with Crippen molar-refractivity contribution >= 4 is 6.09 Å². The number of rotatable bonds is 4. The molecule has 0 bridgehead atoms. The highest BCUT2D eigenvalue weighted by molar-refractivity contribution is 5.68. The van der Waals surface area contributed by atoms with Gasteiger partial charge in [0.2, 0.25) is 5.89 Å². The Morgan fingerprint density at radius 2 is 2.12 bits per heavy atom. The molecule has 0 saturated carbocycles. The second kappa shape index (κ2) is 7.26. The third-order valence-corrected chi connectivity index (χ3v) is 3.87. The van der Waals surface area contributed by atoms with Gasteiger partial charge in [-0.05, 0) is 45.7 Å². The number of piperidine rings is 1. The Morgan fingerprint density at radius 1 is 1.36 bits per heavy atom. The maximum Gasteiger partial charge on any atom is 0.407 e. The predicted molar refractivity (Wildman–Crippen MR) is 89.7 cm³/mol. The molecule has 1 amide bonds. The monoisotopic (exact) mass is 348 g/mol. The highest BCUT2D eigenvalue weighted by Gasteiger charge is 2.24. The van der Waals surface area contributed by atoms with E-state index in [1.54, 1.807) is 18.4 Å². The molecule has 1 aliphatic heterocycles. The van der Waals surface area contributed by atoms with Gasteiger partial charge >= 0.3 is 6.09 Å². The normalized spacial score (nSPS) is 16.8. The lowest BCUT2D eigenvalue weighted by molar-refractivity contribution is 0.0475. The molecular weight excluding hydrogens is 324 g/mol. The van der Waals surface area contributed by atoms with Crippen LogP contribution in [0.2, 0.25) is 0 Å². The number of ether oxygens (including phenoxy) is 1. The number of likely N-dealkylation sites (tertiary alicyclic amines) is 1. The first-order valence-corrected chi connectivity index (χ1v) is 8.47. The van der Waals surface area contributed by atoms with Crippen LogP contribution in [0.1, 0.15) is 39.5 Å². The molecule has 2 aromatic rings. The molecule has 25 heavy (non-hydrogen) atoms. The zero-order chi connectivity index (χ0) is 17.9. The van der Waals surface area contributed by atoms with Crippen molar-refractivity contribution in [1.82, 2.24) is 20.4 Å². The van der Waals surface area contributed by atoms with Gasteiger partial charge < -0.3 is 18.9 Å². The van der Waals surface area contributed by atoms with Crippen LogP contribution in [-0.2, 0) is 11.3 Å². The molecule has 0 spiro atoms.